The number of carbonyl (C=O) groups is 1. The maximum atomic E-state index is 13.0. The molecule has 1 atom stereocenters. The number of furan rings is 1. The summed E-state index contributed by atoms with van der Waals surface area (Å²) < 4.78 is 7.50. The van der Waals surface area contributed by atoms with E-state index in [-0.39, 0.29) is 11.2 Å². The quantitative estimate of drug-likeness (QED) is 0.581. The second-order valence-electron chi connectivity index (χ2n) is 6.97. The third-order valence-corrected chi connectivity index (χ3v) is 6.18. The van der Waals surface area contributed by atoms with Crippen LogP contribution in [0.1, 0.15) is 13.8 Å². The van der Waals surface area contributed by atoms with Crippen LogP contribution >= 0.6 is 11.8 Å². The summed E-state index contributed by atoms with van der Waals surface area (Å²) >= 11 is 1.43. The van der Waals surface area contributed by atoms with Crippen molar-refractivity contribution in [3.63, 3.8) is 0 Å². The second kappa shape index (κ2) is 8.84. The Hall–Kier alpha value is -2.58. The van der Waals surface area contributed by atoms with Crippen LogP contribution in [0.5, 0.6) is 0 Å². The van der Waals surface area contributed by atoms with E-state index in [4.69, 9.17) is 4.42 Å². The highest BCUT2D eigenvalue weighted by Gasteiger charge is 2.27. The van der Waals surface area contributed by atoms with Crippen LogP contribution in [0.25, 0.3) is 17.3 Å². The Morgan fingerprint density at radius 3 is 2.52 bits per heavy atom. The molecule has 1 aliphatic heterocycles. The van der Waals surface area contributed by atoms with Gasteiger partial charge < -0.3 is 14.2 Å². The Balaban J connectivity index is 1.56. The molecule has 3 aromatic rings. The SMILES string of the molecule is CCN1CCN(C(=O)[C@@H](C)Sc2nnc(-c3ccco3)n2-c2ccccc2)CC1. The molecule has 0 bridgehead atoms. The monoisotopic (exact) mass is 411 g/mol. The summed E-state index contributed by atoms with van der Waals surface area (Å²) in [6, 6.07) is 13.6. The molecule has 8 heteroatoms. The highest BCUT2D eigenvalue weighted by molar-refractivity contribution is 8.00. The molecule has 0 unspecified atom stereocenters. The van der Waals surface area contributed by atoms with Gasteiger partial charge in [-0.2, -0.15) is 0 Å². The average molecular weight is 412 g/mol. The summed E-state index contributed by atoms with van der Waals surface area (Å²) in [5.74, 6) is 1.41. The van der Waals surface area contributed by atoms with Crippen LogP contribution in [0.2, 0.25) is 0 Å². The van der Waals surface area contributed by atoms with E-state index in [0.717, 1.165) is 38.4 Å². The standard InChI is InChI=1S/C21H25N5O2S/c1-3-24-11-13-25(14-12-24)20(27)16(2)29-21-23-22-19(18-10-7-15-28-18)26(21)17-8-5-4-6-9-17/h4-10,15-16H,3,11-14H2,1-2H3/t16-/m1/s1. The fourth-order valence-electron chi connectivity index (χ4n) is 3.47. The first-order valence-electron chi connectivity index (χ1n) is 9.90. The van der Waals surface area contributed by atoms with Gasteiger partial charge >= 0.3 is 0 Å². The van der Waals surface area contributed by atoms with Crippen LogP contribution < -0.4 is 0 Å². The van der Waals surface area contributed by atoms with Gasteiger partial charge in [0.1, 0.15) is 0 Å². The number of aromatic nitrogens is 3. The van der Waals surface area contributed by atoms with Crippen LogP contribution in [0.15, 0.2) is 58.3 Å². The van der Waals surface area contributed by atoms with E-state index >= 15 is 0 Å². The molecule has 1 amide bonds. The first-order valence-corrected chi connectivity index (χ1v) is 10.8. The maximum absolute atomic E-state index is 13.0. The lowest BCUT2D eigenvalue weighted by molar-refractivity contribution is -0.132. The number of hydrogen-bond donors (Lipinski definition) is 0. The topological polar surface area (TPSA) is 67.4 Å². The molecule has 7 nitrogen and oxygen atoms in total. The first-order chi connectivity index (χ1) is 14.2. The molecule has 152 valence electrons. The van der Waals surface area contributed by atoms with E-state index in [0.29, 0.717) is 16.7 Å². The number of para-hydroxylation sites is 1. The van der Waals surface area contributed by atoms with Gasteiger partial charge in [0.05, 0.1) is 11.5 Å². The number of piperazine rings is 1. The molecule has 1 fully saturated rings. The van der Waals surface area contributed by atoms with Crippen molar-refractivity contribution in [3.05, 3.63) is 48.7 Å². The van der Waals surface area contributed by atoms with Crippen LogP contribution in [-0.2, 0) is 4.79 Å². The van der Waals surface area contributed by atoms with Gasteiger partial charge in [-0.05, 0) is 37.7 Å². The number of benzene rings is 1. The number of rotatable bonds is 6. The molecule has 0 spiro atoms. The third kappa shape index (κ3) is 4.23. The minimum absolute atomic E-state index is 0.146. The third-order valence-electron chi connectivity index (χ3n) is 5.15. The van der Waals surface area contributed by atoms with Gasteiger partial charge in [0.25, 0.3) is 0 Å². The summed E-state index contributed by atoms with van der Waals surface area (Å²) in [6.07, 6.45) is 1.62. The van der Waals surface area contributed by atoms with Crippen LogP contribution in [0.4, 0.5) is 0 Å². The largest absolute Gasteiger partial charge is 0.461 e. The van der Waals surface area contributed by atoms with E-state index in [1.807, 2.05) is 58.9 Å². The molecule has 2 aromatic heterocycles. The first kappa shape index (κ1) is 19.7. The Labute approximate surface area is 174 Å². The molecule has 0 saturated carbocycles. The predicted octanol–water partition coefficient (Wildman–Crippen LogP) is 3.17. The Bertz CT molecular complexity index is 933. The fraction of sp³-hybridized carbons (Fsp3) is 0.381. The van der Waals surface area contributed by atoms with E-state index < -0.39 is 0 Å². The molecule has 1 saturated heterocycles. The fourth-order valence-corrected chi connectivity index (χ4v) is 4.42. The molecule has 4 rings (SSSR count). The number of amides is 1. The predicted molar refractivity (Wildman–Crippen MR) is 113 cm³/mol. The molecule has 29 heavy (non-hydrogen) atoms. The molecule has 1 aromatic carbocycles. The number of carbonyl (C=O) groups excluding carboxylic acids is 1. The van der Waals surface area contributed by atoms with Crippen molar-refractivity contribution in [1.82, 2.24) is 24.6 Å². The van der Waals surface area contributed by atoms with Gasteiger partial charge in [-0.1, -0.05) is 36.9 Å². The van der Waals surface area contributed by atoms with E-state index in [2.05, 4.69) is 22.0 Å². The Kier molecular flexibility index (Phi) is 6.01. The van der Waals surface area contributed by atoms with Crippen molar-refractivity contribution in [2.45, 2.75) is 24.3 Å². The molecule has 1 aliphatic rings. The molecule has 0 N–H and O–H groups in total. The molecular formula is C21H25N5O2S. The van der Waals surface area contributed by atoms with Gasteiger partial charge in [0, 0.05) is 31.9 Å². The average Bonchev–Trinajstić information content (AvgIpc) is 3.43. The minimum Gasteiger partial charge on any atom is -0.461 e. The van der Waals surface area contributed by atoms with Gasteiger partial charge in [0.2, 0.25) is 11.7 Å². The zero-order chi connectivity index (χ0) is 20.2. The van der Waals surface area contributed by atoms with Crippen molar-refractivity contribution in [2.24, 2.45) is 0 Å². The Morgan fingerprint density at radius 1 is 1.10 bits per heavy atom. The second-order valence-corrected chi connectivity index (χ2v) is 8.28. The van der Waals surface area contributed by atoms with Crippen molar-refractivity contribution in [3.8, 4) is 17.3 Å². The highest BCUT2D eigenvalue weighted by atomic mass is 32.2. The zero-order valence-electron chi connectivity index (χ0n) is 16.7. The zero-order valence-corrected chi connectivity index (χ0v) is 17.5. The van der Waals surface area contributed by atoms with Crippen molar-refractivity contribution in [2.75, 3.05) is 32.7 Å². The van der Waals surface area contributed by atoms with E-state index in [9.17, 15) is 4.79 Å². The number of nitrogens with zero attached hydrogens (tertiary/aromatic N) is 5. The van der Waals surface area contributed by atoms with E-state index in [1.54, 1.807) is 6.26 Å². The number of likely N-dealkylation sites (N-methyl/N-ethyl adjacent to an activating group) is 1. The molecule has 0 aliphatic carbocycles. The highest BCUT2D eigenvalue weighted by Crippen LogP contribution is 2.31. The van der Waals surface area contributed by atoms with Crippen molar-refractivity contribution < 1.29 is 9.21 Å². The summed E-state index contributed by atoms with van der Waals surface area (Å²) in [7, 11) is 0. The van der Waals surface area contributed by atoms with Gasteiger partial charge in [-0.15, -0.1) is 10.2 Å². The summed E-state index contributed by atoms with van der Waals surface area (Å²) in [5, 5.41) is 9.15. The lowest BCUT2D eigenvalue weighted by Gasteiger charge is -2.35. The number of hydrogen-bond acceptors (Lipinski definition) is 6. The van der Waals surface area contributed by atoms with Crippen LogP contribution in [0, 0.1) is 0 Å². The minimum atomic E-state index is -0.251. The van der Waals surface area contributed by atoms with E-state index in [1.165, 1.54) is 11.8 Å². The van der Waals surface area contributed by atoms with Gasteiger partial charge in [-0.3, -0.25) is 9.36 Å². The summed E-state index contributed by atoms with van der Waals surface area (Å²) in [5.41, 5.74) is 0.933. The van der Waals surface area contributed by atoms with Gasteiger partial charge in [-0.25, -0.2) is 0 Å². The molecule has 0 radical (unpaired) electrons. The lowest BCUT2D eigenvalue weighted by Crippen LogP contribution is -2.50. The number of thioether (sulfide) groups is 1. The summed E-state index contributed by atoms with van der Waals surface area (Å²) in [4.78, 5) is 17.3. The van der Waals surface area contributed by atoms with Crippen molar-refractivity contribution >= 4 is 17.7 Å². The van der Waals surface area contributed by atoms with Crippen LogP contribution in [0.3, 0.4) is 0 Å². The smallest absolute Gasteiger partial charge is 0.235 e. The van der Waals surface area contributed by atoms with Crippen molar-refractivity contribution in [1.29, 1.82) is 0 Å². The Morgan fingerprint density at radius 2 is 1.86 bits per heavy atom. The van der Waals surface area contributed by atoms with Gasteiger partial charge in [0.15, 0.2) is 10.9 Å². The molecule has 3 heterocycles. The molecular weight excluding hydrogens is 386 g/mol. The maximum Gasteiger partial charge on any atom is 0.235 e. The summed E-state index contributed by atoms with van der Waals surface area (Å²) in [6.45, 7) is 8.55. The lowest BCUT2D eigenvalue weighted by atomic mass is 10.3. The van der Waals surface area contributed by atoms with Crippen LogP contribution in [-0.4, -0.2) is 68.4 Å². The normalized spacial score (nSPS) is 16.1.